The minimum atomic E-state index is -0.229. The summed E-state index contributed by atoms with van der Waals surface area (Å²) >= 11 is 1.41. The molecule has 0 saturated heterocycles. The molecule has 1 aromatic heterocycles. The van der Waals surface area contributed by atoms with E-state index in [1.807, 2.05) is 12.4 Å². The number of benzene rings is 1. The van der Waals surface area contributed by atoms with Crippen LogP contribution in [0.4, 0.5) is 9.52 Å². The van der Waals surface area contributed by atoms with Crippen LogP contribution in [0.5, 0.6) is 0 Å². The van der Waals surface area contributed by atoms with Gasteiger partial charge in [0.25, 0.3) is 0 Å². The van der Waals surface area contributed by atoms with Gasteiger partial charge in [-0.25, -0.2) is 9.37 Å². The zero-order chi connectivity index (χ0) is 15.4. The number of aromatic nitrogens is 1. The van der Waals surface area contributed by atoms with Gasteiger partial charge in [-0.1, -0.05) is 12.1 Å². The minimum absolute atomic E-state index is 0.121. The number of rotatable bonds is 5. The predicted molar refractivity (Wildman–Crippen MR) is 82.7 cm³/mol. The molecule has 0 aliphatic rings. The summed E-state index contributed by atoms with van der Waals surface area (Å²) in [5.41, 5.74) is 1.96. The topological polar surface area (TPSA) is 45.2 Å². The van der Waals surface area contributed by atoms with Crippen molar-refractivity contribution in [2.45, 2.75) is 26.4 Å². The van der Waals surface area contributed by atoms with Gasteiger partial charge in [0.15, 0.2) is 5.13 Å². The first-order chi connectivity index (χ1) is 9.95. The number of hydrogen-bond donors (Lipinski definition) is 1. The second kappa shape index (κ2) is 6.78. The van der Waals surface area contributed by atoms with Crippen molar-refractivity contribution in [2.75, 3.05) is 12.4 Å². The van der Waals surface area contributed by atoms with E-state index >= 15 is 0 Å². The average molecular weight is 307 g/mol. The third-order valence-electron chi connectivity index (χ3n) is 3.26. The van der Waals surface area contributed by atoms with E-state index in [-0.39, 0.29) is 17.8 Å². The summed E-state index contributed by atoms with van der Waals surface area (Å²) in [5.74, 6) is -0.350. The molecule has 1 unspecified atom stereocenters. The molecule has 1 heterocycles. The number of nitrogens with zero attached hydrogens (tertiary/aromatic N) is 2. The lowest BCUT2D eigenvalue weighted by Gasteiger charge is -2.24. The molecule has 0 saturated carbocycles. The molecule has 0 aliphatic heterocycles. The lowest BCUT2D eigenvalue weighted by atomic mass is 10.1. The van der Waals surface area contributed by atoms with Gasteiger partial charge in [0, 0.05) is 24.9 Å². The van der Waals surface area contributed by atoms with E-state index in [2.05, 4.69) is 22.1 Å². The van der Waals surface area contributed by atoms with Crippen LogP contribution in [0, 0.1) is 5.82 Å². The fraction of sp³-hybridized carbons (Fsp3) is 0.333. The molecular weight excluding hydrogens is 289 g/mol. The monoisotopic (exact) mass is 307 g/mol. The number of carbonyl (C=O) groups is 1. The molecule has 2 aromatic rings. The number of carbonyl (C=O) groups excluding carboxylic acids is 1. The molecule has 0 spiro atoms. The van der Waals surface area contributed by atoms with Crippen LogP contribution < -0.4 is 5.32 Å². The summed E-state index contributed by atoms with van der Waals surface area (Å²) in [6.45, 7) is 4.19. The molecule has 1 N–H and O–H groups in total. The highest BCUT2D eigenvalue weighted by atomic mass is 32.1. The van der Waals surface area contributed by atoms with Crippen molar-refractivity contribution >= 4 is 22.4 Å². The number of hydrogen-bond acceptors (Lipinski definition) is 4. The Balaban J connectivity index is 2.00. The zero-order valence-electron chi connectivity index (χ0n) is 12.3. The number of amides is 1. The number of nitrogens with one attached hydrogen (secondary N) is 1. The van der Waals surface area contributed by atoms with Gasteiger partial charge in [0.1, 0.15) is 5.82 Å². The first-order valence-corrected chi connectivity index (χ1v) is 7.51. The van der Waals surface area contributed by atoms with Crippen LogP contribution in [0.3, 0.4) is 0 Å². The number of halogens is 1. The Hall–Kier alpha value is -1.79. The van der Waals surface area contributed by atoms with E-state index in [0.29, 0.717) is 11.7 Å². The maximum absolute atomic E-state index is 12.9. The summed E-state index contributed by atoms with van der Waals surface area (Å²) < 4.78 is 12.9. The largest absolute Gasteiger partial charge is 0.302 e. The van der Waals surface area contributed by atoms with E-state index in [0.717, 1.165) is 11.3 Å². The maximum Gasteiger partial charge on any atom is 0.223 e. The van der Waals surface area contributed by atoms with Gasteiger partial charge >= 0.3 is 0 Å². The third-order valence-corrected chi connectivity index (χ3v) is 4.07. The molecule has 0 radical (unpaired) electrons. The zero-order valence-corrected chi connectivity index (χ0v) is 13.1. The Morgan fingerprint density at radius 1 is 1.43 bits per heavy atom. The molecule has 21 heavy (non-hydrogen) atoms. The maximum atomic E-state index is 12.9. The SMILES string of the molecule is CC(=O)Nc1nc(CN(C)C(C)c2ccc(F)cc2)cs1. The van der Waals surface area contributed by atoms with Gasteiger partial charge < -0.3 is 5.32 Å². The highest BCUT2D eigenvalue weighted by Crippen LogP contribution is 2.22. The Labute approximate surface area is 127 Å². The van der Waals surface area contributed by atoms with Crippen molar-refractivity contribution in [2.24, 2.45) is 0 Å². The second-order valence-corrected chi connectivity index (χ2v) is 5.83. The molecule has 1 amide bonds. The smallest absolute Gasteiger partial charge is 0.223 e. The molecule has 6 heteroatoms. The number of anilines is 1. The van der Waals surface area contributed by atoms with Gasteiger partial charge in [-0.3, -0.25) is 9.69 Å². The summed E-state index contributed by atoms with van der Waals surface area (Å²) in [6.07, 6.45) is 0. The molecule has 1 aromatic carbocycles. The van der Waals surface area contributed by atoms with E-state index in [4.69, 9.17) is 0 Å². The standard InChI is InChI=1S/C15H18FN3OS/c1-10(12-4-6-13(16)7-5-12)19(3)8-14-9-21-15(18-14)17-11(2)20/h4-7,9-10H,8H2,1-3H3,(H,17,18,20). The van der Waals surface area contributed by atoms with Crippen molar-refractivity contribution in [3.8, 4) is 0 Å². The van der Waals surface area contributed by atoms with Crippen molar-refractivity contribution in [1.82, 2.24) is 9.88 Å². The highest BCUT2D eigenvalue weighted by molar-refractivity contribution is 7.13. The lowest BCUT2D eigenvalue weighted by Crippen LogP contribution is -2.22. The summed E-state index contributed by atoms with van der Waals surface area (Å²) in [7, 11) is 1.99. The quantitative estimate of drug-likeness (QED) is 0.920. The van der Waals surface area contributed by atoms with Crippen molar-refractivity contribution in [3.05, 3.63) is 46.7 Å². The average Bonchev–Trinajstić information content (AvgIpc) is 2.85. The molecule has 0 aliphatic carbocycles. The molecule has 1 atom stereocenters. The second-order valence-electron chi connectivity index (χ2n) is 4.97. The minimum Gasteiger partial charge on any atom is -0.302 e. The Morgan fingerprint density at radius 3 is 2.71 bits per heavy atom. The summed E-state index contributed by atoms with van der Waals surface area (Å²) in [5, 5.41) is 5.21. The van der Waals surface area contributed by atoms with E-state index in [9.17, 15) is 9.18 Å². The van der Waals surface area contributed by atoms with Crippen molar-refractivity contribution in [1.29, 1.82) is 0 Å². The van der Waals surface area contributed by atoms with Crippen LogP contribution in [0.1, 0.15) is 31.1 Å². The summed E-state index contributed by atoms with van der Waals surface area (Å²) in [4.78, 5) is 17.5. The van der Waals surface area contributed by atoms with Gasteiger partial charge in [-0.15, -0.1) is 11.3 Å². The third kappa shape index (κ3) is 4.34. The molecule has 2 rings (SSSR count). The first-order valence-electron chi connectivity index (χ1n) is 6.63. The first kappa shape index (κ1) is 15.6. The van der Waals surface area contributed by atoms with Crippen molar-refractivity contribution < 1.29 is 9.18 Å². The van der Waals surface area contributed by atoms with Gasteiger partial charge in [0.05, 0.1) is 5.69 Å². The van der Waals surface area contributed by atoms with Crippen LogP contribution in [0.25, 0.3) is 0 Å². The molecule has 0 fully saturated rings. The lowest BCUT2D eigenvalue weighted by molar-refractivity contribution is -0.114. The van der Waals surface area contributed by atoms with E-state index in [1.54, 1.807) is 12.1 Å². The molecule has 4 nitrogen and oxygen atoms in total. The predicted octanol–water partition coefficient (Wildman–Crippen LogP) is 3.43. The highest BCUT2D eigenvalue weighted by Gasteiger charge is 2.14. The summed E-state index contributed by atoms with van der Waals surface area (Å²) in [6, 6.07) is 6.67. The Kier molecular flexibility index (Phi) is 5.03. The van der Waals surface area contributed by atoms with Gasteiger partial charge in [0.2, 0.25) is 5.91 Å². The van der Waals surface area contributed by atoms with Crippen LogP contribution in [0.15, 0.2) is 29.6 Å². The van der Waals surface area contributed by atoms with E-state index < -0.39 is 0 Å². The molecule has 0 bridgehead atoms. The van der Waals surface area contributed by atoms with E-state index in [1.165, 1.54) is 30.4 Å². The fourth-order valence-corrected chi connectivity index (χ4v) is 2.72. The molecule has 112 valence electrons. The number of thiazole rings is 1. The Morgan fingerprint density at radius 2 is 2.10 bits per heavy atom. The normalized spacial score (nSPS) is 12.4. The fourth-order valence-electron chi connectivity index (χ4n) is 1.98. The van der Waals surface area contributed by atoms with Crippen LogP contribution in [-0.4, -0.2) is 22.8 Å². The Bertz CT molecular complexity index is 612. The van der Waals surface area contributed by atoms with Crippen LogP contribution in [0.2, 0.25) is 0 Å². The molecular formula is C15H18FN3OS. The van der Waals surface area contributed by atoms with Gasteiger partial charge in [-0.05, 0) is 31.7 Å². The van der Waals surface area contributed by atoms with Crippen LogP contribution >= 0.6 is 11.3 Å². The van der Waals surface area contributed by atoms with Crippen molar-refractivity contribution in [3.63, 3.8) is 0 Å². The van der Waals surface area contributed by atoms with Crippen LogP contribution in [-0.2, 0) is 11.3 Å². The van der Waals surface area contributed by atoms with Gasteiger partial charge in [-0.2, -0.15) is 0 Å².